The van der Waals surface area contributed by atoms with Gasteiger partial charge in [0.15, 0.2) is 11.6 Å². The van der Waals surface area contributed by atoms with Gasteiger partial charge in [0.2, 0.25) is 0 Å². The summed E-state index contributed by atoms with van der Waals surface area (Å²) in [6.07, 6.45) is -0.194. The Kier molecular flexibility index (Phi) is 6.81. The molecule has 0 saturated heterocycles. The van der Waals surface area contributed by atoms with E-state index in [9.17, 15) is 4.39 Å². The number of methoxy groups -OCH3 is 1. The largest absolute Gasteiger partial charge is 0.484 e. The van der Waals surface area contributed by atoms with Gasteiger partial charge in [-0.15, -0.1) is 0 Å². The number of rotatable bonds is 8. The van der Waals surface area contributed by atoms with Gasteiger partial charge in [0.1, 0.15) is 6.10 Å². The monoisotopic (exact) mass is 269 g/mol. The van der Waals surface area contributed by atoms with Crippen LogP contribution in [0.1, 0.15) is 19.4 Å². The molecule has 0 amide bonds. The van der Waals surface area contributed by atoms with Crippen LogP contribution in [0.15, 0.2) is 18.2 Å². The van der Waals surface area contributed by atoms with Crippen LogP contribution in [-0.4, -0.2) is 32.9 Å². The van der Waals surface area contributed by atoms with Gasteiger partial charge in [-0.3, -0.25) is 0 Å². The highest BCUT2D eigenvalue weighted by Crippen LogP contribution is 2.19. The van der Waals surface area contributed by atoms with Crippen LogP contribution >= 0.6 is 0 Å². The fourth-order valence-electron chi connectivity index (χ4n) is 1.73. The summed E-state index contributed by atoms with van der Waals surface area (Å²) in [6, 6.07) is 4.86. The lowest BCUT2D eigenvalue weighted by Gasteiger charge is -2.20. The molecule has 0 spiro atoms. The maximum atomic E-state index is 13.6. The number of benzene rings is 1. The van der Waals surface area contributed by atoms with Crippen LogP contribution in [-0.2, 0) is 4.74 Å². The van der Waals surface area contributed by atoms with Crippen molar-refractivity contribution in [3.8, 4) is 5.75 Å². The summed E-state index contributed by atoms with van der Waals surface area (Å²) in [5, 5.41) is 3.30. The van der Waals surface area contributed by atoms with Gasteiger partial charge in [-0.05, 0) is 37.1 Å². The minimum atomic E-state index is -0.337. The van der Waals surface area contributed by atoms with E-state index in [2.05, 4.69) is 19.2 Å². The molecule has 1 unspecified atom stereocenters. The summed E-state index contributed by atoms with van der Waals surface area (Å²) in [4.78, 5) is 0. The molecule has 19 heavy (non-hydrogen) atoms. The highest BCUT2D eigenvalue weighted by atomic mass is 19.1. The normalized spacial score (nSPS) is 12.7. The van der Waals surface area contributed by atoms with E-state index in [0.717, 1.165) is 12.1 Å². The minimum absolute atomic E-state index is 0.194. The van der Waals surface area contributed by atoms with E-state index in [0.29, 0.717) is 19.1 Å². The van der Waals surface area contributed by atoms with Crippen LogP contribution in [0.3, 0.4) is 0 Å². The first kappa shape index (κ1) is 15.9. The molecule has 0 aliphatic carbocycles. The third-order valence-corrected chi connectivity index (χ3v) is 2.66. The third kappa shape index (κ3) is 6.03. The van der Waals surface area contributed by atoms with Crippen LogP contribution in [0.4, 0.5) is 4.39 Å². The number of hydrogen-bond donors (Lipinski definition) is 1. The smallest absolute Gasteiger partial charge is 0.165 e. The molecule has 0 radical (unpaired) electrons. The first-order chi connectivity index (χ1) is 9.02. The van der Waals surface area contributed by atoms with Crippen molar-refractivity contribution in [3.63, 3.8) is 0 Å². The maximum absolute atomic E-state index is 13.6. The molecule has 4 heteroatoms. The minimum Gasteiger partial charge on any atom is -0.484 e. The molecule has 0 aromatic heterocycles. The van der Waals surface area contributed by atoms with Crippen LogP contribution in [0.2, 0.25) is 0 Å². The Morgan fingerprint density at radius 1 is 1.26 bits per heavy atom. The van der Waals surface area contributed by atoms with Gasteiger partial charge in [-0.25, -0.2) is 4.39 Å². The van der Waals surface area contributed by atoms with Crippen LogP contribution in [0, 0.1) is 18.7 Å². The van der Waals surface area contributed by atoms with Crippen LogP contribution in [0.25, 0.3) is 0 Å². The lowest BCUT2D eigenvalue weighted by molar-refractivity contribution is 0.0775. The standard InChI is InChI=1S/C15H24FNO2/c1-11(2)8-17-9-13(10-18-4)19-15-7-12(3)5-6-14(15)16/h5-7,11,13,17H,8-10H2,1-4H3. The number of nitrogens with one attached hydrogen (secondary N) is 1. The van der Waals surface area contributed by atoms with E-state index in [4.69, 9.17) is 9.47 Å². The van der Waals surface area contributed by atoms with Crippen molar-refractivity contribution >= 4 is 0 Å². The van der Waals surface area contributed by atoms with E-state index >= 15 is 0 Å². The fraction of sp³-hybridized carbons (Fsp3) is 0.600. The van der Waals surface area contributed by atoms with E-state index in [-0.39, 0.29) is 17.7 Å². The van der Waals surface area contributed by atoms with Gasteiger partial charge in [-0.1, -0.05) is 19.9 Å². The lowest BCUT2D eigenvalue weighted by atomic mass is 10.2. The molecular formula is C15H24FNO2. The molecule has 0 heterocycles. The molecule has 0 fully saturated rings. The second-order valence-corrected chi connectivity index (χ2v) is 5.18. The zero-order chi connectivity index (χ0) is 14.3. The maximum Gasteiger partial charge on any atom is 0.165 e. The molecule has 1 atom stereocenters. The van der Waals surface area contributed by atoms with Crippen LogP contribution < -0.4 is 10.1 Å². The molecular weight excluding hydrogens is 245 g/mol. The summed E-state index contributed by atoms with van der Waals surface area (Å²) in [5.74, 6) is 0.517. The quantitative estimate of drug-likeness (QED) is 0.787. The van der Waals surface area contributed by atoms with E-state index in [1.165, 1.54) is 6.07 Å². The molecule has 0 saturated carbocycles. The summed E-state index contributed by atoms with van der Waals surface area (Å²) < 4.78 is 24.4. The first-order valence-corrected chi connectivity index (χ1v) is 6.65. The van der Waals surface area contributed by atoms with Crippen molar-refractivity contribution in [2.45, 2.75) is 26.9 Å². The molecule has 1 aromatic carbocycles. The summed E-state index contributed by atoms with van der Waals surface area (Å²) in [5.41, 5.74) is 0.975. The number of halogens is 1. The van der Waals surface area contributed by atoms with Crippen molar-refractivity contribution in [3.05, 3.63) is 29.6 Å². The Bertz CT molecular complexity index is 382. The fourth-order valence-corrected chi connectivity index (χ4v) is 1.73. The summed E-state index contributed by atoms with van der Waals surface area (Å²) in [7, 11) is 1.62. The molecule has 1 rings (SSSR count). The van der Waals surface area contributed by atoms with Gasteiger partial charge < -0.3 is 14.8 Å². The van der Waals surface area contributed by atoms with E-state index < -0.39 is 0 Å². The van der Waals surface area contributed by atoms with E-state index in [1.54, 1.807) is 19.2 Å². The highest BCUT2D eigenvalue weighted by Gasteiger charge is 2.13. The zero-order valence-corrected chi connectivity index (χ0v) is 12.2. The Labute approximate surface area is 115 Å². The topological polar surface area (TPSA) is 30.5 Å². The highest BCUT2D eigenvalue weighted by molar-refractivity contribution is 5.29. The average molecular weight is 269 g/mol. The predicted molar refractivity (Wildman–Crippen MR) is 75.1 cm³/mol. The van der Waals surface area contributed by atoms with Crippen molar-refractivity contribution < 1.29 is 13.9 Å². The number of ether oxygens (including phenoxy) is 2. The Morgan fingerprint density at radius 3 is 2.63 bits per heavy atom. The van der Waals surface area contributed by atoms with Crippen molar-refractivity contribution in [2.24, 2.45) is 5.92 Å². The van der Waals surface area contributed by atoms with Gasteiger partial charge in [0, 0.05) is 13.7 Å². The first-order valence-electron chi connectivity index (χ1n) is 6.65. The van der Waals surface area contributed by atoms with Gasteiger partial charge in [0.25, 0.3) is 0 Å². The molecule has 1 N–H and O–H groups in total. The Morgan fingerprint density at radius 2 is 2.00 bits per heavy atom. The summed E-state index contributed by atoms with van der Waals surface area (Å²) >= 11 is 0. The molecule has 3 nitrogen and oxygen atoms in total. The lowest BCUT2D eigenvalue weighted by Crippen LogP contribution is -2.36. The second kappa shape index (κ2) is 8.12. The average Bonchev–Trinajstić information content (AvgIpc) is 2.33. The van der Waals surface area contributed by atoms with Gasteiger partial charge in [0.05, 0.1) is 6.61 Å². The summed E-state index contributed by atoms with van der Waals surface area (Å²) in [6.45, 7) is 8.16. The van der Waals surface area contributed by atoms with Crippen LogP contribution in [0.5, 0.6) is 5.75 Å². The van der Waals surface area contributed by atoms with Crippen molar-refractivity contribution in [1.29, 1.82) is 0 Å². The third-order valence-electron chi connectivity index (χ3n) is 2.66. The van der Waals surface area contributed by atoms with Gasteiger partial charge >= 0.3 is 0 Å². The number of aryl methyl sites for hydroxylation is 1. The SMILES string of the molecule is COCC(CNCC(C)C)Oc1cc(C)ccc1F. The predicted octanol–water partition coefficient (Wildman–Crippen LogP) is 2.77. The molecule has 0 aliphatic rings. The van der Waals surface area contributed by atoms with Crippen molar-refractivity contribution in [1.82, 2.24) is 5.32 Å². The van der Waals surface area contributed by atoms with Gasteiger partial charge in [-0.2, -0.15) is 0 Å². The Balaban J connectivity index is 2.58. The Hall–Kier alpha value is -1.13. The molecule has 0 aliphatic heterocycles. The molecule has 1 aromatic rings. The molecule has 108 valence electrons. The molecule has 0 bridgehead atoms. The van der Waals surface area contributed by atoms with Crippen molar-refractivity contribution in [2.75, 3.05) is 26.8 Å². The number of hydrogen-bond acceptors (Lipinski definition) is 3. The van der Waals surface area contributed by atoms with E-state index in [1.807, 2.05) is 6.92 Å². The second-order valence-electron chi connectivity index (χ2n) is 5.18. The zero-order valence-electron chi connectivity index (χ0n) is 12.2.